The van der Waals surface area contributed by atoms with Crippen LogP contribution >= 0.6 is 11.3 Å². The van der Waals surface area contributed by atoms with Gasteiger partial charge in [-0.25, -0.2) is 9.37 Å². The molecule has 0 aliphatic carbocycles. The summed E-state index contributed by atoms with van der Waals surface area (Å²) in [4.78, 5) is 5.42. The molecule has 17 heavy (non-hydrogen) atoms. The van der Waals surface area contributed by atoms with Gasteiger partial charge >= 0.3 is 0 Å². The number of halogens is 1. The lowest BCUT2D eigenvalue weighted by Gasteiger charge is -2.17. The van der Waals surface area contributed by atoms with E-state index in [1.165, 1.54) is 6.07 Å². The third kappa shape index (κ3) is 2.53. The Labute approximate surface area is 105 Å². The minimum Gasteiger partial charge on any atom is -0.309 e. The third-order valence-corrected chi connectivity index (χ3v) is 3.73. The highest BCUT2D eigenvalue weighted by Crippen LogP contribution is 2.28. The van der Waals surface area contributed by atoms with Crippen LogP contribution < -0.4 is 5.32 Å². The molecule has 0 saturated carbocycles. The Morgan fingerprint density at radius 1 is 1.35 bits per heavy atom. The van der Waals surface area contributed by atoms with Crippen LogP contribution in [-0.4, -0.2) is 12.0 Å². The standard InChI is InChI=1S/C13H15FN2S/c1-8-6-10(14)4-5-11(8)13(15-3)12-7-16-9(2)17-12/h4-7,13,15H,1-3H3. The van der Waals surface area contributed by atoms with E-state index in [0.29, 0.717) is 0 Å². The Hall–Kier alpha value is -1.26. The monoisotopic (exact) mass is 250 g/mol. The number of rotatable bonds is 3. The van der Waals surface area contributed by atoms with Crippen LogP contribution in [0.15, 0.2) is 24.4 Å². The summed E-state index contributed by atoms with van der Waals surface area (Å²) in [6.07, 6.45) is 1.88. The second kappa shape index (κ2) is 4.94. The van der Waals surface area contributed by atoms with Crippen LogP contribution in [0.1, 0.15) is 27.1 Å². The summed E-state index contributed by atoms with van der Waals surface area (Å²) in [5.74, 6) is -0.193. The van der Waals surface area contributed by atoms with Crippen molar-refractivity contribution in [2.24, 2.45) is 0 Å². The molecular formula is C13H15FN2S. The van der Waals surface area contributed by atoms with E-state index in [9.17, 15) is 4.39 Å². The summed E-state index contributed by atoms with van der Waals surface area (Å²) < 4.78 is 13.1. The maximum absolute atomic E-state index is 13.1. The number of hydrogen-bond acceptors (Lipinski definition) is 3. The molecule has 1 aromatic heterocycles. The van der Waals surface area contributed by atoms with Gasteiger partial charge in [-0.05, 0) is 44.2 Å². The normalized spacial score (nSPS) is 12.7. The molecule has 4 heteroatoms. The van der Waals surface area contributed by atoms with E-state index in [-0.39, 0.29) is 11.9 Å². The molecule has 1 atom stereocenters. The average molecular weight is 250 g/mol. The fourth-order valence-electron chi connectivity index (χ4n) is 1.93. The predicted octanol–water partition coefficient (Wildman–Crippen LogP) is 3.21. The molecule has 1 aromatic carbocycles. The summed E-state index contributed by atoms with van der Waals surface area (Å²) in [5, 5.41) is 4.30. The van der Waals surface area contributed by atoms with Gasteiger partial charge in [-0.1, -0.05) is 6.07 Å². The number of aryl methyl sites for hydroxylation is 2. The van der Waals surface area contributed by atoms with E-state index < -0.39 is 0 Å². The molecule has 0 aliphatic rings. The molecule has 2 nitrogen and oxygen atoms in total. The highest BCUT2D eigenvalue weighted by atomic mass is 32.1. The topological polar surface area (TPSA) is 24.9 Å². The molecule has 0 radical (unpaired) electrons. The SMILES string of the molecule is CNC(c1cnc(C)s1)c1ccc(F)cc1C. The number of nitrogens with zero attached hydrogens (tertiary/aromatic N) is 1. The first kappa shape index (κ1) is 12.2. The van der Waals surface area contributed by atoms with Gasteiger partial charge in [0.05, 0.1) is 11.0 Å². The van der Waals surface area contributed by atoms with Crippen LogP contribution in [-0.2, 0) is 0 Å². The van der Waals surface area contributed by atoms with Crippen molar-refractivity contribution in [3.63, 3.8) is 0 Å². The molecule has 0 bridgehead atoms. The lowest BCUT2D eigenvalue weighted by Crippen LogP contribution is -2.17. The Balaban J connectivity index is 2.42. The summed E-state index contributed by atoms with van der Waals surface area (Å²) in [6, 6.07) is 4.98. The van der Waals surface area contributed by atoms with Crippen LogP contribution in [0.3, 0.4) is 0 Å². The van der Waals surface area contributed by atoms with E-state index in [4.69, 9.17) is 0 Å². The van der Waals surface area contributed by atoms with Crippen molar-refractivity contribution >= 4 is 11.3 Å². The van der Waals surface area contributed by atoms with Crippen molar-refractivity contribution in [1.82, 2.24) is 10.3 Å². The van der Waals surface area contributed by atoms with Crippen LogP contribution in [0.2, 0.25) is 0 Å². The van der Waals surface area contributed by atoms with Crippen molar-refractivity contribution in [3.8, 4) is 0 Å². The summed E-state index contributed by atoms with van der Waals surface area (Å²) in [7, 11) is 1.91. The largest absolute Gasteiger partial charge is 0.309 e. The van der Waals surface area contributed by atoms with Crippen molar-refractivity contribution in [3.05, 3.63) is 51.2 Å². The van der Waals surface area contributed by atoms with E-state index >= 15 is 0 Å². The number of thiazole rings is 1. The Kier molecular flexibility index (Phi) is 3.54. The van der Waals surface area contributed by atoms with Crippen LogP contribution in [0.25, 0.3) is 0 Å². The molecule has 0 aliphatic heterocycles. The Bertz CT molecular complexity index is 522. The minimum atomic E-state index is -0.193. The highest BCUT2D eigenvalue weighted by molar-refractivity contribution is 7.11. The van der Waals surface area contributed by atoms with Gasteiger partial charge in [0.15, 0.2) is 0 Å². The Morgan fingerprint density at radius 2 is 2.12 bits per heavy atom. The molecule has 2 aromatic rings. The van der Waals surface area contributed by atoms with Gasteiger partial charge in [0.25, 0.3) is 0 Å². The van der Waals surface area contributed by atoms with E-state index in [1.54, 1.807) is 17.4 Å². The maximum atomic E-state index is 13.1. The first-order chi connectivity index (χ1) is 8.11. The first-order valence-corrected chi connectivity index (χ1v) is 6.29. The van der Waals surface area contributed by atoms with Crippen LogP contribution in [0.4, 0.5) is 4.39 Å². The second-order valence-electron chi connectivity index (χ2n) is 4.00. The van der Waals surface area contributed by atoms with Gasteiger partial charge in [0.1, 0.15) is 5.82 Å². The lowest BCUT2D eigenvalue weighted by atomic mass is 10.0. The van der Waals surface area contributed by atoms with Crippen molar-refractivity contribution < 1.29 is 4.39 Å². The quantitative estimate of drug-likeness (QED) is 0.904. The maximum Gasteiger partial charge on any atom is 0.123 e. The highest BCUT2D eigenvalue weighted by Gasteiger charge is 2.16. The zero-order chi connectivity index (χ0) is 12.4. The number of nitrogens with one attached hydrogen (secondary N) is 1. The van der Waals surface area contributed by atoms with E-state index in [2.05, 4.69) is 10.3 Å². The van der Waals surface area contributed by atoms with Gasteiger partial charge in [-0.2, -0.15) is 0 Å². The average Bonchev–Trinajstić information content (AvgIpc) is 2.69. The zero-order valence-electron chi connectivity index (χ0n) is 10.1. The third-order valence-electron chi connectivity index (χ3n) is 2.76. The summed E-state index contributed by atoms with van der Waals surface area (Å²) in [6.45, 7) is 3.91. The van der Waals surface area contributed by atoms with Crippen molar-refractivity contribution in [2.45, 2.75) is 19.9 Å². The number of aromatic nitrogens is 1. The first-order valence-electron chi connectivity index (χ1n) is 5.47. The van der Waals surface area contributed by atoms with Gasteiger partial charge in [-0.3, -0.25) is 0 Å². The van der Waals surface area contributed by atoms with Gasteiger partial charge in [0, 0.05) is 11.1 Å². The fraction of sp³-hybridized carbons (Fsp3) is 0.308. The molecule has 0 saturated heterocycles. The zero-order valence-corrected chi connectivity index (χ0v) is 10.9. The van der Waals surface area contributed by atoms with Gasteiger partial charge < -0.3 is 5.32 Å². The van der Waals surface area contributed by atoms with Crippen LogP contribution in [0, 0.1) is 19.7 Å². The molecule has 1 unspecified atom stereocenters. The summed E-state index contributed by atoms with van der Waals surface area (Å²) >= 11 is 1.66. The molecule has 1 N–H and O–H groups in total. The minimum absolute atomic E-state index is 0.0850. The molecule has 0 amide bonds. The van der Waals surface area contributed by atoms with E-state index in [1.807, 2.05) is 33.2 Å². The predicted molar refractivity (Wildman–Crippen MR) is 68.9 cm³/mol. The van der Waals surface area contributed by atoms with Gasteiger partial charge in [0.2, 0.25) is 0 Å². The van der Waals surface area contributed by atoms with Gasteiger partial charge in [-0.15, -0.1) is 11.3 Å². The fourth-order valence-corrected chi connectivity index (χ4v) is 2.84. The van der Waals surface area contributed by atoms with Crippen molar-refractivity contribution in [1.29, 1.82) is 0 Å². The smallest absolute Gasteiger partial charge is 0.123 e. The van der Waals surface area contributed by atoms with Crippen LogP contribution in [0.5, 0.6) is 0 Å². The number of hydrogen-bond donors (Lipinski definition) is 1. The molecular weight excluding hydrogens is 235 g/mol. The molecule has 2 rings (SSSR count). The van der Waals surface area contributed by atoms with E-state index in [0.717, 1.165) is 21.0 Å². The Morgan fingerprint density at radius 3 is 2.65 bits per heavy atom. The lowest BCUT2D eigenvalue weighted by molar-refractivity contribution is 0.622. The van der Waals surface area contributed by atoms with Crippen molar-refractivity contribution in [2.75, 3.05) is 7.05 Å². The molecule has 0 spiro atoms. The second-order valence-corrected chi connectivity index (χ2v) is 5.27. The summed E-state index contributed by atoms with van der Waals surface area (Å²) in [5.41, 5.74) is 2.05. The number of benzene rings is 1. The molecule has 0 fully saturated rings. The molecule has 1 heterocycles. The molecule has 90 valence electrons.